The number of nitrogens with one attached hydrogen (secondary N) is 2. The van der Waals surface area contributed by atoms with Crippen LogP contribution in [0.3, 0.4) is 0 Å². The van der Waals surface area contributed by atoms with Gasteiger partial charge in [0.05, 0.1) is 10.6 Å². The van der Waals surface area contributed by atoms with Crippen molar-refractivity contribution in [2.75, 3.05) is 0 Å². The number of carboxylic acid groups (broad SMARTS) is 1. The molecule has 4 N–H and O–H groups in total. The standard InChI is InChI=1S/C32H24ClN3O7S/c1-17(32(42)43)35-36(30(40)20-10-12-24-27(15-20)44-26-8-3-2-7-23(26)28(24)38)31(41)22-11-9-19(14-25(22)33)29(39)34-16-18-5-4-6-21(37)13-18/h2-15,17,35,37H,16H2,1H3,(H,34,39)(H,42,43)/t17-/m0/s1. The number of carboxylic acids is 1. The number of aromatic hydroxyl groups is 1. The lowest BCUT2D eigenvalue weighted by atomic mass is 10.1. The molecule has 0 spiro atoms. The van der Waals surface area contributed by atoms with Crippen LogP contribution in [-0.4, -0.2) is 45.0 Å². The van der Waals surface area contributed by atoms with Gasteiger partial charge in [-0.15, -0.1) is 11.3 Å². The van der Waals surface area contributed by atoms with E-state index in [0.29, 0.717) is 26.0 Å². The summed E-state index contributed by atoms with van der Waals surface area (Å²) in [6.45, 7) is 1.39. The van der Waals surface area contributed by atoms with Crippen molar-refractivity contribution in [2.24, 2.45) is 0 Å². The maximum absolute atomic E-state index is 13.7. The van der Waals surface area contributed by atoms with E-state index in [1.165, 1.54) is 66.8 Å². The Morgan fingerprint density at radius 1 is 0.864 bits per heavy atom. The minimum atomic E-state index is -1.34. The third kappa shape index (κ3) is 6.30. The molecular formula is C32H24ClN3O7S. The molecule has 0 bridgehead atoms. The summed E-state index contributed by atoms with van der Waals surface area (Å²) < 4.78 is 1.23. The van der Waals surface area contributed by atoms with Gasteiger partial charge in [0.25, 0.3) is 17.7 Å². The van der Waals surface area contributed by atoms with Gasteiger partial charge in [0.15, 0.2) is 5.43 Å². The van der Waals surface area contributed by atoms with Gasteiger partial charge in [-0.1, -0.05) is 35.9 Å². The number of carbonyl (C=O) groups excluding carboxylic acids is 3. The van der Waals surface area contributed by atoms with E-state index in [0.717, 1.165) is 4.70 Å². The molecular weight excluding hydrogens is 606 g/mol. The molecule has 222 valence electrons. The van der Waals surface area contributed by atoms with Gasteiger partial charge in [-0.25, -0.2) is 10.4 Å². The first kappa shape index (κ1) is 30.4. The van der Waals surface area contributed by atoms with Crippen LogP contribution in [0.25, 0.3) is 20.2 Å². The fourth-order valence-electron chi connectivity index (χ4n) is 4.42. The van der Waals surface area contributed by atoms with Crippen molar-refractivity contribution in [1.29, 1.82) is 0 Å². The Kier molecular flexibility index (Phi) is 8.72. The maximum atomic E-state index is 13.7. The fraction of sp³-hybridized carbons (Fsp3) is 0.0938. The van der Waals surface area contributed by atoms with E-state index in [1.54, 1.807) is 36.4 Å². The summed E-state index contributed by atoms with van der Waals surface area (Å²) in [7, 11) is 0. The quantitative estimate of drug-likeness (QED) is 0.107. The predicted octanol–water partition coefficient (Wildman–Crippen LogP) is 4.96. The maximum Gasteiger partial charge on any atom is 0.322 e. The van der Waals surface area contributed by atoms with Crippen LogP contribution < -0.4 is 16.2 Å². The lowest BCUT2D eigenvalue weighted by Gasteiger charge is -2.24. The highest BCUT2D eigenvalue weighted by molar-refractivity contribution is 7.24. The molecule has 1 aromatic heterocycles. The number of rotatable bonds is 8. The first-order valence-corrected chi connectivity index (χ1v) is 14.4. The van der Waals surface area contributed by atoms with Gasteiger partial charge in [0.1, 0.15) is 11.8 Å². The summed E-state index contributed by atoms with van der Waals surface area (Å²) in [5, 5.41) is 23.1. The fourth-order valence-corrected chi connectivity index (χ4v) is 5.79. The number of amides is 3. The van der Waals surface area contributed by atoms with Crippen molar-refractivity contribution in [1.82, 2.24) is 15.8 Å². The first-order valence-electron chi connectivity index (χ1n) is 13.2. The van der Waals surface area contributed by atoms with Gasteiger partial charge in [-0.2, -0.15) is 0 Å². The Hall–Kier alpha value is -5.10. The Labute approximate surface area is 259 Å². The predicted molar refractivity (Wildman–Crippen MR) is 167 cm³/mol. The van der Waals surface area contributed by atoms with Crippen LogP contribution >= 0.6 is 22.9 Å². The zero-order chi connectivity index (χ0) is 31.5. The molecule has 0 aliphatic heterocycles. The Morgan fingerprint density at radius 2 is 1.59 bits per heavy atom. The van der Waals surface area contributed by atoms with Crippen LogP contribution in [0.2, 0.25) is 5.02 Å². The highest BCUT2D eigenvalue weighted by Crippen LogP contribution is 2.26. The van der Waals surface area contributed by atoms with E-state index < -0.39 is 29.7 Å². The summed E-state index contributed by atoms with van der Waals surface area (Å²) in [5.74, 6) is -3.58. The molecule has 0 saturated heterocycles. The van der Waals surface area contributed by atoms with Gasteiger partial charge >= 0.3 is 5.97 Å². The number of halogens is 1. The number of benzene rings is 4. The zero-order valence-electron chi connectivity index (χ0n) is 23.0. The monoisotopic (exact) mass is 629 g/mol. The van der Waals surface area contributed by atoms with Crippen molar-refractivity contribution in [3.05, 3.63) is 122 Å². The summed E-state index contributed by atoms with van der Waals surface area (Å²) in [5.41, 5.74) is 2.90. The molecule has 0 unspecified atom stereocenters. The lowest BCUT2D eigenvalue weighted by Crippen LogP contribution is -2.53. The number of phenols is 1. The third-order valence-electron chi connectivity index (χ3n) is 6.75. The molecule has 0 radical (unpaired) electrons. The van der Waals surface area contributed by atoms with E-state index in [1.807, 2.05) is 0 Å². The first-order chi connectivity index (χ1) is 21.0. The number of nitrogens with zero attached hydrogens (tertiary/aromatic N) is 1. The number of imide groups is 1. The highest BCUT2D eigenvalue weighted by Gasteiger charge is 2.30. The van der Waals surface area contributed by atoms with Crippen LogP contribution in [0.4, 0.5) is 0 Å². The van der Waals surface area contributed by atoms with Crippen molar-refractivity contribution < 1.29 is 29.4 Å². The van der Waals surface area contributed by atoms with Gasteiger partial charge in [0.2, 0.25) is 0 Å². The molecule has 5 rings (SSSR count). The van der Waals surface area contributed by atoms with Crippen LogP contribution in [0, 0.1) is 0 Å². The number of aliphatic carboxylic acids is 1. The van der Waals surface area contributed by atoms with E-state index in [2.05, 4.69) is 10.7 Å². The largest absolute Gasteiger partial charge is 0.508 e. The smallest absolute Gasteiger partial charge is 0.322 e. The second-order valence-electron chi connectivity index (χ2n) is 9.82. The lowest BCUT2D eigenvalue weighted by molar-refractivity contribution is -0.139. The molecule has 1 heterocycles. The topological polar surface area (TPSA) is 153 Å². The van der Waals surface area contributed by atoms with Crippen molar-refractivity contribution in [2.45, 2.75) is 19.5 Å². The van der Waals surface area contributed by atoms with E-state index in [9.17, 15) is 34.2 Å². The van der Waals surface area contributed by atoms with Gasteiger partial charge < -0.3 is 15.5 Å². The summed E-state index contributed by atoms with van der Waals surface area (Å²) >= 11 is 7.70. The molecule has 1 atom stereocenters. The Bertz CT molecular complexity index is 2030. The second-order valence-corrected chi connectivity index (χ2v) is 11.3. The van der Waals surface area contributed by atoms with Crippen LogP contribution in [0.5, 0.6) is 5.75 Å². The molecule has 3 amide bonds. The molecule has 12 heteroatoms. The van der Waals surface area contributed by atoms with Crippen molar-refractivity contribution in [3.8, 4) is 5.75 Å². The average Bonchev–Trinajstić information content (AvgIpc) is 3.01. The molecule has 4 aromatic carbocycles. The third-order valence-corrected chi connectivity index (χ3v) is 8.20. The Balaban J connectivity index is 1.43. The number of phenolic OH excluding ortho intramolecular Hbond substituents is 1. The molecule has 10 nitrogen and oxygen atoms in total. The molecule has 5 aromatic rings. The van der Waals surface area contributed by atoms with Gasteiger partial charge in [0, 0.05) is 37.8 Å². The molecule has 44 heavy (non-hydrogen) atoms. The second kappa shape index (κ2) is 12.6. The molecule has 0 fully saturated rings. The summed E-state index contributed by atoms with van der Waals surface area (Å²) in [6, 6.07) is 20.3. The SMILES string of the molecule is C[C@H](NN(C(=O)c1ccc2c(=O)c3ccccc3sc2c1)C(=O)c1ccc(C(=O)NCc2cccc(O)c2)cc1Cl)C(=O)O. The number of hydrogen-bond acceptors (Lipinski definition) is 8. The molecule has 0 saturated carbocycles. The highest BCUT2D eigenvalue weighted by atomic mass is 35.5. The van der Waals surface area contributed by atoms with E-state index in [4.69, 9.17) is 11.6 Å². The zero-order valence-corrected chi connectivity index (χ0v) is 24.6. The van der Waals surface area contributed by atoms with Crippen LogP contribution in [0.15, 0.2) is 89.7 Å². The summed E-state index contributed by atoms with van der Waals surface area (Å²) in [6.07, 6.45) is 0. The van der Waals surface area contributed by atoms with Gasteiger partial charge in [-0.3, -0.25) is 24.0 Å². The number of fused-ring (bicyclic) bond motifs is 2. The molecule has 0 aliphatic carbocycles. The Morgan fingerprint density at radius 3 is 2.32 bits per heavy atom. The van der Waals surface area contributed by atoms with Crippen LogP contribution in [0.1, 0.15) is 43.6 Å². The minimum absolute atomic E-state index is 0.0286. The van der Waals surface area contributed by atoms with Crippen LogP contribution in [-0.2, 0) is 11.3 Å². The number of carbonyl (C=O) groups is 4. The average molecular weight is 630 g/mol. The normalized spacial score (nSPS) is 11.7. The summed E-state index contributed by atoms with van der Waals surface area (Å²) in [4.78, 5) is 64.7. The minimum Gasteiger partial charge on any atom is -0.508 e. The van der Waals surface area contributed by atoms with Crippen molar-refractivity contribution in [3.63, 3.8) is 0 Å². The van der Waals surface area contributed by atoms with Gasteiger partial charge in [-0.05, 0) is 73.2 Å². The van der Waals surface area contributed by atoms with E-state index >= 15 is 0 Å². The van der Waals surface area contributed by atoms with Crippen molar-refractivity contribution >= 4 is 66.8 Å². The van der Waals surface area contributed by atoms with E-state index in [-0.39, 0.29) is 39.4 Å². The number of hydrazine groups is 1. The number of hydrogen-bond donors (Lipinski definition) is 4. The molecule has 0 aliphatic rings.